The Balaban J connectivity index is 1.38. The first-order valence-electron chi connectivity index (χ1n) is 7.81. The molecule has 2 fully saturated rings. The number of nitrogens with zero attached hydrogens (tertiary/aromatic N) is 2. The van der Waals surface area contributed by atoms with Gasteiger partial charge in [0.2, 0.25) is 0 Å². The number of carbonyl (C=O) groups is 1. The summed E-state index contributed by atoms with van der Waals surface area (Å²) < 4.78 is 6.36. The number of urea groups is 1. The van der Waals surface area contributed by atoms with Crippen molar-refractivity contribution in [2.24, 2.45) is 0 Å². The molecule has 7 heteroatoms. The third-order valence-corrected chi connectivity index (χ3v) is 5.39. The van der Waals surface area contributed by atoms with Crippen LogP contribution in [0.2, 0.25) is 4.34 Å². The van der Waals surface area contributed by atoms with Crippen LogP contribution in [0, 0.1) is 0 Å². The van der Waals surface area contributed by atoms with Crippen molar-refractivity contribution in [1.29, 1.82) is 0 Å². The minimum atomic E-state index is 0.0364. The summed E-state index contributed by atoms with van der Waals surface area (Å²) in [7, 11) is 0. The lowest BCUT2D eigenvalue weighted by molar-refractivity contribution is 0.104. The summed E-state index contributed by atoms with van der Waals surface area (Å²) in [6.45, 7) is 5.74. The fourth-order valence-electron chi connectivity index (χ4n) is 2.88. The SMILES string of the molecule is O=C(NCC1CCCO1)N1CCN(Cc2ccc(Cl)s2)CC1. The predicted molar refractivity (Wildman–Crippen MR) is 88.6 cm³/mol. The molecule has 2 aliphatic rings. The van der Waals surface area contributed by atoms with E-state index in [1.165, 1.54) is 4.88 Å². The Bertz CT molecular complexity index is 497. The van der Waals surface area contributed by atoms with Crippen LogP contribution < -0.4 is 5.32 Å². The Kier molecular flexibility index (Phi) is 5.57. The highest BCUT2D eigenvalue weighted by atomic mass is 35.5. The molecule has 0 bridgehead atoms. The molecular weight excluding hydrogens is 322 g/mol. The number of thiophene rings is 1. The van der Waals surface area contributed by atoms with Gasteiger partial charge in [0.1, 0.15) is 0 Å². The Labute approximate surface area is 140 Å². The molecule has 0 aromatic carbocycles. The molecular formula is C15H22ClN3O2S. The smallest absolute Gasteiger partial charge is 0.317 e. The van der Waals surface area contributed by atoms with Crippen LogP contribution in [0.5, 0.6) is 0 Å². The summed E-state index contributed by atoms with van der Waals surface area (Å²) in [5.41, 5.74) is 0. The number of piperazine rings is 1. The minimum Gasteiger partial charge on any atom is -0.376 e. The molecule has 2 aliphatic heterocycles. The zero-order valence-corrected chi connectivity index (χ0v) is 14.2. The standard InChI is InChI=1S/C15H22ClN3O2S/c16-14-4-3-13(22-14)11-18-5-7-19(8-6-18)15(20)17-10-12-2-1-9-21-12/h3-4,12H,1-2,5-11H2,(H,17,20). The van der Waals surface area contributed by atoms with Gasteiger partial charge >= 0.3 is 6.03 Å². The van der Waals surface area contributed by atoms with Gasteiger partial charge in [-0.3, -0.25) is 4.90 Å². The summed E-state index contributed by atoms with van der Waals surface area (Å²) in [5.74, 6) is 0. The average molecular weight is 344 g/mol. The highest BCUT2D eigenvalue weighted by Gasteiger charge is 2.23. The fraction of sp³-hybridized carbons (Fsp3) is 0.667. The summed E-state index contributed by atoms with van der Waals surface area (Å²) in [6.07, 6.45) is 2.36. The molecule has 1 atom stereocenters. The molecule has 0 spiro atoms. The van der Waals surface area contributed by atoms with Gasteiger partial charge in [0.05, 0.1) is 10.4 Å². The molecule has 1 unspecified atom stereocenters. The van der Waals surface area contributed by atoms with Gasteiger partial charge in [-0.1, -0.05) is 11.6 Å². The van der Waals surface area contributed by atoms with E-state index in [9.17, 15) is 4.79 Å². The van der Waals surface area contributed by atoms with E-state index in [2.05, 4.69) is 16.3 Å². The van der Waals surface area contributed by atoms with E-state index in [4.69, 9.17) is 16.3 Å². The maximum atomic E-state index is 12.1. The predicted octanol–water partition coefficient (Wildman–Crippen LogP) is 2.41. The van der Waals surface area contributed by atoms with Crippen molar-refractivity contribution >= 4 is 29.0 Å². The second-order valence-corrected chi connectivity index (χ2v) is 7.59. The molecule has 3 heterocycles. The highest BCUT2D eigenvalue weighted by Crippen LogP contribution is 2.23. The molecule has 0 saturated carbocycles. The zero-order chi connectivity index (χ0) is 15.4. The average Bonchev–Trinajstić information content (AvgIpc) is 3.17. The van der Waals surface area contributed by atoms with Crippen molar-refractivity contribution in [3.63, 3.8) is 0 Å². The number of rotatable bonds is 4. The van der Waals surface area contributed by atoms with Crippen LogP contribution in [0.3, 0.4) is 0 Å². The van der Waals surface area contributed by atoms with E-state index in [0.717, 1.165) is 56.5 Å². The lowest BCUT2D eigenvalue weighted by Gasteiger charge is -2.34. The van der Waals surface area contributed by atoms with Gasteiger partial charge in [-0.15, -0.1) is 11.3 Å². The summed E-state index contributed by atoms with van der Waals surface area (Å²) in [4.78, 5) is 17.7. The fourth-order valence-corrected chi connectivity index (χ4v) is 4.01. The molecule has 0 aliphatic carbocycles. The number of halogens is 1. The van der Waals surface area contributed by atoms with E-state index in [1.807, 2.05) is 11.0 Å². The second-order valence-electron chi connectivity index (χ2n) is 5.79. The number of hydrogen-bond acceptors (Lipinski definition) is 4. The van der Waals surface area contributed by atoms with Crippen molar-refractivity contribution in [1.82, 2.24) is 15.1 Å². The van der Waals surface area contributed by atoms with Crippen molar-refractivity contribution < 1.29 is 9.53 Å². The van der Waals surface area contributed by atoms with Gasteiger partial charge in [0, 0.05) is 50.8 Å². The van der Waals surface area contributed by atoms with Crippen LogP contribution >= 0.6 is 22.9 Å². The maximum Gasteiger partial charge on any atom is 0.317 e. The topological polar surface area (TPSA) is 44.8 Å². The number of amides is 2. The summed E-state index contributed by atoms with van der Waals surface area (Å²) in [5, 5.41) is 2.99. The number of hydrogen-bond donors (Lipinski definition) is 1. The van der Waals surface area contributed by atoms with E-state index >= 15 is 0 Å². The Morgan fingerprint density at radius 2 is 2.18 bits per heavy atom. The molecule has 2 amide bonds. The number of nitrogens with one attached hydrogen (secondary N) is 1. The Morgan fingerprint density at radius 3 is 2.82 bits per heavy atom. The number of carbonyl (C=O) groups excluding carboxylic acids is 1. The molecule has 3 rings (SSSR count). The molecule has 1 aromatic rings. The monoisotopic (exact) mass is 343 g/mol. The quantitative estimate of drug-likeness (QED) is 0.913. The van der Waals surface area contributed by atoms with Crippen molar-refractivity contribution in [3.8, 4) is 0 Å². The third-order valence-electron chi connectivity index (χ3n) is 4.17. The maximum absolute atomic E-state index is 12.1. The van der Waals surface area contributed by atoms with Crippen LogP contribution in [0.1, 0.15) is 17.7 Å². The van der Waals surface area contributed by atoms with Crippen LogP contribution in [-0.4, -0.2) is 61.3 Å². The van der Waals surface area contributed by atoms with Gasteiger partial charge < -0.3 is 15.0 Å². The van der Waals surface area contributed by atoms with E-state index in [0.29, 0.717) is 6.54 Å². The van der Waals surface area contributed by atoms with E-state index in [1.54, 1.807) is 11.3 Å². The van der Waals surface area contributed by atoms with Crippen molar-refractivity contribution in [3.05, 3.63) is 21.3 Å². The molecule has 2 saturated heterocycles. The number of ether oxygens (including phenoxy) is 1. The second kappa shape index (κ2) is 7.64. The molecule has 22 heavy (non-hydrogen) atoms. The normalized spacial score (nSPS) is 23.0. The third kappa shape index (κ3) is 4.35. The minimum absolute atomic E-state index is 0.0364. The Morgan fingerprint density at radius 1 is 1.36 bits per heavy atom. The zero-order valence-electron chi connectivity index (χ0n) is 12.6. The van der Waals surface area contributed by atoms with E-state index in [-0.39, 0.29) is 12.1 Å². The van der Waals surface area contributed by atoms with E-state index < -0.39 is 0 Å². The van der Waals surface area contributed by atoms with Crippen LogP contribution in [0.25, 0.3) is 0 Å². The molecule has 122 valence electrons. The molecule has 0 radical (unpaired) electrons. The molecule has 1 aromatic heterocycles. The highest BCUT2D eigenvalue weighted by molar-refractivity contribution is 7.16. The van der Waals surface area contributed by atoms with Gasteiger partial charge in [-0.2, -0.15) is 0 Å². The first-order valence-corrected chi connectivity index (χ1v) is 9.01. The first kappa shape index (κ1) is 16.1. The van der Waals surface area contributed by atoms with Gasteiger partial charge in [-0.25, -0.2) is 4.79 Å². The van der Waals surface area contributed by atoms with Gasteiger partial charge in [0.25, 0.3) is 0 Å². The van der Waals surface area contributed by atoms with Crippen molar-refractivity contribution in [2.45, 2.75) is 25.5 Å². The molecule has 1 N–H and O–H groups in total. The largest absolute Gasteiger partial charge is 0.376 e. The van der Waals surface area contributed by atoms with Gasteiger partial charge in [-0.05, 0) is 25.0 Å². The van der Waals surface area contributed by atoms with Crippen LogP contribution in [-0.2, 0) is 11.3 Å². The van der Waals surface area contributed by atoms with Crippen LogP contribution in [0.15, 0.2) is 12.1 Å². The first-order chi connectivity index (χ1) is 10.7. The van der Waals surface area contributed by atoms with Crippen LogP contribution in [0.4, 0.5) is 4.79 Å². The lowest BCUT2D eigenvalue weighted by atomic mass is 10.2. The van der Waals surface area contributed by atoms with Crippen molar-refractivity contribution in [2.75, 3.05) is 39.3 Å². The Hall–Kier alpha value is -0.820. The molecule has 5 nitrogen and oxygen atoms in total. The summed E-state index contributed by atoms with van der Waals surface area (Å²) in [6, 6.07) is 4.05. The van der Waals surface area contributed by atoms with Gasteiger partial charge in [0.15, 0.2) is 0 Å². The summed E-state index contributed by atoms with van der Waals surface area (Å²) >= 11 is 7.59. The lowest BCUT2D eigenvalue weighted by Crippen LogP contribution is -2.52.